The highest BCUT2D eigenvalue weighted by Gasteiger charge is 2.04. The fourth-order valence-electron chi connectivity index (χ4n) is 1.06. The number of ketones is 1. The molecule has 0 aliphatic rings. The number of hydrogen-bond donors (Lipinski definition) is 0. The van der Waals surface area contributed by atoms with Crippen LogP contribution in [0, 0.1) is 0 Å². The second-order valence-corrected chi connectivity index (χ2v) is 4.32. The van der Waals surface area contributed by atoms with Crippen LogP contribution in [-0.2, 0) is 0 Å². The van der Waals surface area contributed by atoms with Crippen LogP contribution in [0.5, 0.6) is 0 Å². The van der Waals surface area contributed by atoms with Crippen LogP contribution < -0.4 is 0 Å². The molecule has 0 heterocycles. The first-order valence-corrected chi connectivity index (χ1v) is 6.37. The van der Waals surface area contributed by atoms with Crippen molar-refractivity contribution < 1.29 is 4.79 Å². The predicted molar refractivity (Wildman–Crippen MR) is 60.0 cm³/mol. The van der Waals surface area contributed by atoms with E-state index < -0.39 is 0 Å². The molecule has 1 aromatic carbocycles. The summed E-state index contributed by atoms with van der Waals surface area (Å²) in [5.74, 6) is 0.128. The van der Waals surface area contributed by atoms with E-state index in [1.54, 1.807) is 30.4 Å². The number of hydrogen-bond acceptors (Lipinski definition) is 3. The average Bonchev–Trinajstić information content (AvgIpc) is 2.16. The smallest absolute Gasteiger partial charge is 0.159 e. The Morgan fingerprint density at radius 1 is 1.15 bits per heavy atom. The van der Waals surface area contributed by atoms with E-state index in [1.165, 1.54) is 9.79 Å². The predicted octanol–water partition coefficient (Wildman–Crippen LogP) is 3.33. The van der Waals surface area contributed by atoms with E-state index in [2.05, 4.69) is 0 Å². The molecule has 0 aliphatic carbocycles. The summed E-state index contributed by atoms with van der Waals surface area (Å²) >= 11 is 3.39. The van der Waals surface area contributed by atoms with Gasteiger partial charge in [-0.25, -0.2) is 0 Å². The molecule has 0 saturated carbocycles. The average molecular weight is 212 g/mol. The van der Waals surface area contributed by atoms with Crippen molar-refractivity contribution in [3.63, 3.8) is 0 Å². The Balaban J connectivity index is 3.13. The van der Waals surface area contributed by atoms with E-state index >= 15 is 0 Å². The maximum atomic E-state index is 11.1. The molecule has 0 bridgehead atoms. The van der Waals surface area contributed by atoms with Gasteiger partial charge in [-0.2, -0.15) is 0 Å². The second-order valence-electron chi connectivity index (χ2n) is 2.63. The van der Waals surface area contributed by atoms with Gasteiger partial charge in [0.2, 0.25) is 0 Å². The van der Waals surface area contributed by atoms with E-state index in [0.29, 0.717) is 0 Å². The van der Waals surface area contributed by atoms with Gasteiger partial charge in [0.05, 0.1) is 0 Å². The molecule has 1 nitrogen and oxygen atoms in total. The van der Waals surface area contributed by atoms with Crippen LogP contribution in [0.4, 0.5) is 0 Å². The van der Waals surface area contributed by atoms with E-state index in [1.807, 2.05) is 30.7 Å². The third-order valence-corrected chi connectivity index (χ3v) is 3.49. The molecule has 0 radical (unpaired) electrons. The fourth-order valence-corrected chi connectivity index (χ4v) is 2.53. The Morgan fingerprint density at radius 3 is 2.23 bits per heavy atom. The minimum absolute atomic E-state index is 0.128. The molecule has 1 rings (SSSR count). The zero-order chi connectivity index (χ0) is 9.84. The standard InChI is InChI=1S/C10H12OS2/c1-7(11)8-4-5-9(12-2)10(6-8)13-3/h4-6H,1-3H3. The molecule has 0 amide bonds. The van der Waals surface area contributed by atoms with E-state index in [4.69, 9.17) is 0 Å². The summed E-state index contributed by atoms with van der Waals surface area (Å²) < 4.78 is 0. The first kappa shape index (κ1) is 10.7. The molecule has 1 aromatic rings. The molecule has 0 saturated heterocycles. The fraction of sp³-hybridized carbons (Fsp3) is 0.300. The molecule has 0 fully saturated rings. The first-order chi connectivity index (χ1) is 6.19. The number of Topliss-reactive ketones (excluding diaryl/α,β-unsaturated/α-hetero) is 1. The molecular formula is C10H12OS2. The van der Waals surface area contributed by atoms with Gasteiger partial charge in [0, 0.05) is 15.4 Å². The lowest BCUT2D eigenvalue weighted by Crippen LogP contribution is -1.92. The van der Waals surface area contributed by atoms with Crippen LogP contribution in [0.3, 0.4) is 0 Å². The number of benzene rings is 1. The van der Waals surface area contributed by atoms with Crippen molar-refractivity contribution in [1.82, 2.24) is 0 Å². The van der Waals surface area contributed by atoms with Crippen LogP contribution in [0.1, 0.15) is 17.3 Å². The van der Waals surface area contributed by atoms with Crippen LogP contribution in [0.2, 0.25) is 0 Å². The van der Waals surface area contributed by atoms with Crippen molar-refractivity contribution in [2.24, 2.45) is 0 Å². The molecular weight excluding hydrogens is 200 g/mol. The van der Waals surface area contributed by atoms with E-state index in [0.717, 1.165) is 5.56 Å². The Morgan fingerprint density at radius 2 is 1.77 bits per heavy atom. The molecule has 0 spiro atoms. The Labute approximate surface area is 87.3 Å². The number of thioether (sulfide) groups is 2. The molecule has 0 unspecified atom stereocenters. The van der Waals surface area contributed by atoms with E-state index in [9.17, 15) is 4.79 Å². The van der Waals surface area contributed by atoms with Crippen LogP contribution in [0.15, 0.2) is 28.0 Å². The summed E-state index contributed by atoms with van der Waals surface area (Å²) in [4.78, 5) is 13.5. The molecule has 70 valence electrons. The van der Waals surface area contributed by atoms with Crippen molar-refractivity contribution in [1.29, 1.82) is 0 Å². The monoisotopic (exact) mass is 212 g/mol. The van der Waals surface area contributed by atoms with Gasteiger partial charge in [0.1, 0.15) is 0 Å². The largest absolute Gasteiger partial charge is 0.295 e. The zero-order valence-electron chi connectivity index (χ0n) is 7.96. The summed E-state index contributed by atoms with van der Waals surface area (Å²) in [6.45, 7) is 1.60. The highest BCUT2D eigenvalue weighted by Crippen LogP contribution is 2.28. The van der Waals surface area contributed by atoms with Crippen molar-refractivity contribution in [3.05, 3.63) is 23.8 Å². The van der Waals surface area contributed by atoms with Gasteiger partial charge in [-0.3, -0.25) is 4.79 Å². The second kappa shape index (κ2) is 4.72. The maximum Gasteiger partial charge on any atom is 0.159 e. The lowest BCUT2D eigenvalue weighted by molar-refractivity contribution is 0.101. The molecule has 0 N–H and O–H groups in total. The van der Waals surface area contributed by atoms with Gasteiger partial charge < -0.3 is 0 Å². The third kappa shape index (κ3) is 2.51. The minimum Gasteiger partial charge on any atom is -0.295 e. The third-order valence-electron chi connectivity index (χ3n) is 1.79. The summed E-state index contributed by atoms with van der Waals surface area (Å²) in [6, 6.07) is 5.85. The summed E-state index contributed by atoms with van der Waals surface area (Å²) in [6.07, 6.45) is 4.07. The van der Waals surface area contributed by atoms with Crippen molar-refractivity contribution in [2.45, 2.75) is 16.7 Å². The topological polar surface area (TPSA) is 17.1 Å². The number of carbonyl (C=O) groups is 1. The van der Waals surface area contributed by atoms with Gasteiger partial charge in [-0.15, -0.1) is 23.5 Å². The molecule has 0 aromatic heterocycles. The first-order valence-electron chi connectivity index (χ1n) is 3.92. The Kier molecular flexibility index (Phi) is 3.88. The lowest BCUT2D eigenvalue weighted by atomic mass is 10.1. The van der Waals surface area contributed by atoms with Gasteiger partial charge in [-0.05, 0) is 31.6 Å². The van der Waals surface area contributed by atoms with Gasteiger partial charge >= 0.3 is 0 Å². The highest BCUT2D eigenvalue weighted by molar-refractivity contribution is 8.01. The van der Waals surface area contributed by atoms with Gasteiger partial charge in [0.15, 0.2) is 5.78 Å². The van der Waals surface area contributed by atoms with Crippen molar-refractivity contribution >= 4 is 29.3 Å². The van der Waals surface area contributed by atoms with Crippen LogP contribution >= 0.6 is 23.5 Å². The number of carbonyl (C=O) groups excluding carboxylic acids is 1. The molecule has 3 heteroatoms. The van der Waals surface area contributed by atoms with Gasteiger partial charge in [0.25, 0.3) is 0 Å². The Hall–Kier alpha value is -0.410. The lowest BCUT2D eigenvalue weighted by Gasteiger charge is -2.05. The normalized spacial score (nSPS) is 10.1. The van der Waals surface area contributed by atoms with E-state index in [-0.39, 0.29) is 5.78 Å². The number of rotatable bonds is 3. The molecule has 0 aliphatic heterocycles. The maximum absolute atomic E-state index is 11.1. The zero-order valence-corrected chi connectivity index (χ0v) is 9.59. The molecule has 13 heavy (non-hydrogen) atoms. The van der Waals surface area contributed by atoms with Crippen molar-refractivity contribution in [3.8, 4) is 0 Å². The summed E-state index contributed by atoms with van der Waals surface area (Å²) in [7, 11) is 0. The SMILES string of the molecule is CSc1ccc(C(C)=O)cc1SC. The van der Waals surface area contributed by atoms with Crippen LogP contribution in [-0.4, -0.2) is 18.3 Å². The summed E-state index contributed by atoms with van der Waals surface area (Å²) in [5, 5.41) is 0. The molecule has 0 atom stereocenters. The van der Waals surface area contributed by atoms with Gasteiger partial charge in [-0.1, -0.05) is 6.07 Å². The van der Waals surface area contributed by atoms with Crippen LogP contribution in [0.25, 0.3) is 0 Å². The quantitative estimate of drug-likeness (QED) is 0.565. The highest BCUT2D eigenvalue weighted by atomic mass is 32.2. The Bertz CT molecular complexity index is 321. The van der Waals surface area contributed by atoms with Crippen molar-refractivity contribution in [2.75, 3.05) is 12.5 Å². The minimum atomic E-state index is 0.128. The summed E-state index contributed by atoms with van der Waals surface area (Å²) in [5.41, 5.74) is 0.794.